The van der Waals surface area contributed by atoms with Gasteiger partial charge >= 0.3 is 0 Å². The second-order valence-corrected chi connectivity index (χ2v) is 6.96. The van der Waals surface area contributed by atoms with Crippen molar-refractivity contribution in [3.8, 4) is 0 Å². The lowest BCUT2D eigenvalue weighted by Crippen LogP contribution is -2.37. The third-order valence-electron chi connectivity index (χ3n) is 5.25. The Kier molecular flexibility index (Phi) is 4.63. The molecular formula is C20H24N4O. The average molecular weight is 336 g/mol. The van der Waals surface area contributed by atoms with Crippen LogP contribution in [-0.2, 0) is 6.42 Å². The minimum Gasteiger partial charge on any atom is -0.355 e. The lowest BCUT2D eigenvalue weighted by atomic mass is 10.0. The van der Waals surface area contributed by atoms with Crippen LogP contribution in [0.1, 0.15) is 41.7 Å². The van der Waals surface area contributed by atoms with Gasteiger partial charge in [0.1, 0.15) is 0 Å². The first kappa shape index (κ1) is 16.1. The van der Waals surface area contributed by atoms with Crippen molar-refractivity contribution in [1.82, 2.24) is 15.1 Å². The highest BCUT2D eigenvalue weighted by Gasteiger charge is 2.30. The van der Waals surface area contributed by atoms with E-state index in [2.05, 4.69) is 39.4 Å². The maximum Gasteiger partial charge on any atom is 0.274 e. The quantitative estimate of drug-likeness (QED) is 0.861. The molecule has 2 saturated heterocycles. The van der Waals surface area contributed by atoms with Gasteiger partial charge in [0.25, 0.3) is 5.91 Å². The van der Waals surface area contributed by atoms with E-state index >= 15 is 0 Å². The molecule has 1 aromatic heterocycles. The minimum absolute atomic E-state index is 0.0129. The van der Waals surface area contributed by atoms with Crippen molar-refractivity contribution in [2.75, 3.05) is 24.5 Å². The summed E-state index contributed by atoms with van der Waals surface area (Å²) in [4.78, 5) is 17.1. The second kappa shape index (κ2) is 7.21. The second-order valence-electron chi connectivity index (χ2n) is 6.96. The molecule has 0 N–H and O–H groups in total. The van der Waals surface area contributed by atoms with Gasteiger partial charge in [-0.3, -0.25) is 4.79 Å². The fourth-order valence-electron chi connectivity index (χ4n) is 3.90. The molecule has 5 nitrogen and oxygen atoms in total. The van der Waals surface area contributed by atoms with E-state index in [0.29, 0.717) is 5.69 Å². The summed E-state index contributed by atoms with van der Waals surface area (Å²) >= 11 is 0. The summed E-state index contributed by atoms with van der Waals surface area (Å²) in [5.41, 5.74) is 1.74. The highest BCUT2D eigenvalue weighted by atomic mass is 16.2. The lowest BCUT2D eigenvalue weighted by Gasteiger charge is -2.24. The van der Waals surface area contributed by atoms with Gasteiger partial charge in [-0.15, -0.1) is 10.2 Å². The smallest absolute Gasteiger partial charge is 0.274 e. The van der Waals surface area contributed by atoms with Crippen LogP contribution in [-0.4, -0.2) is 46.7 Å². The van der Waals surface area contributed by atoms with Gasteiger partial charge in [-0.25, -0.2) is 0 Å². The Labute approximate surface area is 148 Å². The zero-order valence-electron chi connectivity index (χ0n) is 14.5. The number of amides is 1. The molecule has 0 saturated carbocycles. The monoisotopic (exact) mass is 336 g/mol. The molecule has 5 heteroatoms. The normalized spacial score (nSPS) is 20.2. The molecule has 0 spiro atoms. The lowest BCUT2D eigenvalue weighted by molar-refractivity contribution is 0.0729. The Balaban J connectivity index is 1.45. The number of likely N-dealkylation sites (tertiary alicyclic amines) is 1. The number of rotatable bonds is 4. The summed E-state index contributed by atoms with van der Waals surface area (Å²) in [6.45, 7) is 2.88. The topological polar surface area (TPSA) is 49.3 Å². The first-order valence-electron chi connectivity index (χ1n) is 9.25. The SMILES string of the molecule is O=C(c1ccc(N2CCCC2)nn1)N1CCCC1Cc1ccccc1. The highest BCUT2D eigenvalue weighted by molar-refractivity contribution is 5.92. The largest absolute Gasteiger partial charge is 0.355 e. The van der Waals surface area contributed by atoms with Gasteiger partial charge in [0.15, 0.2) is 11.5 Å². The van der Waals surface area contributed by atoms with E-state index in [4.69, 9.17) is 0 Å². The van der Waals surface area contributed by atoms with E-state index < -0.39 is 0 Å². The van der Waals surface area contributed by atoms with Crippen LogP contribution >= 0.6 is 0 Å². The summed E-state index contributed by atoms with van der Waals surface area (Å²) in [5, 5.41) is 8.52. The maximum atomic E-state index is 12.9. The van der Waals surface area contributed by atoms with Gasteiger partial charge in [-0.05, 0) is 49.8 Å². The summed E-state index contributed by atoms with van der Waals surface area (Å²) in [6, 6.07) is 14.4. The van der Waals surface area contributed by atoms with E-state index in [9.17, 15) is 4.79 Å². The predicted octanol–water partition coefficient (Wildman–Crippen LogP) is 2.92. The van der Waals surface area contributed by atoms with E-state index in [1.807, 2.05) is 23.1 Å². The van der Waals surface area contributed by atoms with E-state index in [-0.39, 0.29) is 11.9 Å². The first-order valence-corrected chi connectivity index (χ1v) is 9.25. The van der Waals surface area contributed by atoms with Crippen LogP contribution in [0, 0.1) is 0 Å². The van der Waals surface area contributed by atoms with Crippen molar-refractivity contribution in [1.29, 1.82) is 0 Å². The fraction of sp³-hybridized carbons (Fsp3) is 0.450. The number of hydrogen-bond acceptors (Lipinski definition) is 4. The van der Waals surface area contributed by atoms with Crippen molar-refractivity contribution in [2.24, 2.45) is 0 Å². The van der Waals surface area contributed by atoms with Crippen LogP contribution < -0.4 is 4.90 Å². The summed E-state index contributed by atoms with van der Waals surface area (Å²) in [5.74, 6) is 0.898. The molecule has 1 unspecified atom stereocenters. The van der Waals surface area contributed by atoms with E-state index in [0.717, 1.165) is 44.7 Å². The molecule has 1 amide bonds. The molecule has 2 fully saturated rings. The molecule has 2 aromatic rings. The molecule has 0 radical (unpaired) electrons. The van der Waals surface area contributed by atoms with Crippen molar-refractivity contribution in [2.45, 2.75) is 38.1 Å². The zero-order valence-corrected chi connectivity index (χ0v) is 14.5. The predicted molar refractivity (Wildman–Crippen MR) is 97.7 cm³/mol. The van der Waals surface area contributed by atoms with Crippen LogP contribution in [0.4, 0.5) is 5.82 Å². The van der Waals surface area contributed by atoms with Crippen molar-refractivity contribution in [3.05, 3.63) is 53.7 Å². The molecule has 2 aliphatic heterocycles. The van der Waals surface area contributed by atoms with Crippen LogP contribution in [0.25, 0.3) is 0 Å². The maximum absolute atomic E-state index is 12.9. The van der Waals surface area contributed by atoms with Crippen LogP contribution in [0.5, 0.6) is 0 Å². The first-order chi connectivity index (χ1) is 12.3. The van der Waals surface area contributed by atoms with Crippen LogP contribution in [0.3, 0.4) is 0 Å². The molecular weight excluding hydrogens is 312 g/mol. The van der Waals surface area contributed by atoms with Gasteiger partial charge in [0.2, 0.25) is 0 Å². The molecule has 4 rings (SSSR count). The van der Waals surface area contributed by atoms with Gasteiger partial charge < -0.3 is 9.80 Å². The Bertz CT molecular complexity index is 710. The standard InChI is InChI=1S/C20H24N4O/c25-20(18-10-11-19(22-21-18)23-12-4-5-13-23)24-14-6-9-17(24)15-16-7-2-1-3-8-16/h1-3,7-8,10-11,17H,4-6,9,12-15H2. The van der Waals surface area contributed by atoms with Crippen LogP contribution in [0.2, 0.25) is 0 Å². The zero-order chi connectivity index (χ0) is 17.1. The van der Waals surface area contributed by atoms with Gasteiger partial charge in [-0.2, -0.15) is 0 Å². The molecule has 25 heavy (non-hydrogen) atoms. The van der Waals surface area contributed by atoms with E-state index in [1.165, 1.54) is 18.4 Å². The summed E-state index contributed by atoms with van der Waals surface area (Å²) in [7, 11) is 0. The highest BCUT2D eigenvalue weighted by Crippen LogP contribution is 2.23. The van der Waals surface area contributed by atoms with Crippen molar-refractivity contribution in [3.63, 3.8) is 0 Å². The Morgan fingerprint density at radius 3 is 2.48 bits per heavy atom. The van der Waals surface area contributed by atoms with Crippen LogP contribution in [0.15, 0.2) is 42.5 Å². The molecule has 130 valence electrons. The number of carbonyl (C=O) groups is 1. The number of nitrogens with zero attached hydrogens (tertiary/aromatic N) is 4. The molecule has 1 atom stereocenters. The number of benzene rings is 1. The number of aromatic nitrogens is 2. The third kappa shape index (κ3) is 3.50. The number of anilines is 1. The molecule has 1 aromatic carbocycles. The molecule has 3 heterocycles. The van der Waals surface area contributed by atoms with E-state index in [1.54, 1.807) is 0 Å². The van der Waals surface area contributed by atoms with Gasteiger partial charge in [0, 0.05) is 25.7 Å². The Morgan fingerprint density at radius 1 is 0.960 bits per heavy atom. The Hall–Kier alpha value is -2.43. The van der Waals surface area contributed by atoms with Crippen molar-refractivity contribution < 1.29 is 4.79 Å². The van der Waals surface area contributed by atoms with Gasteiger partial charge in [-0.1, -0.05) is 30.3 Å². The molecule has 0 aliphatic carbocycles. The third-order valence-corrected chi connectivity index (χ3v) is 5.25. The number of hydrogen-bond donors (Lipinski definition) is 0. The molecule has 0 bridgehead atoms. The minimum atomic E-state index is 0.0129. The summed E-state index contributed by atoms with van der Waals surface area (Å²) in [6.07, 6.45) is 5.43. The molecule has 2 aliphatic rings. The fourth-order valence-corrected chi connectivity index (χ4v) is 3.90. The van der Waals surface area contributed by atoms with Gasteiger partial charge in [0.05, 0.1) is 0 Å². The average Bonchev–Trinajstić information content (AvgIpc) is 3.34. The summed E-state index contributed by atoms with van der Waals surface area (Å²) < 4.78 is 0. The van der Waals surface area contributed by atoms with Crippen molar-refractivity contribution >= 4 is 11.7 Å². The Morgan fingerprint density at radius 2 is 1.76 bits per heavy atom. The number of carbonyl (C=O) groups excluding carboxylic acids is 1.